The average Bonchev–Trinajstić information content (AvgIpc) is 3.37. The van der Waals surface area contributed by atoms with Crippen molar-refractivity contribution in [2.45, 2.75) is 26.2 Å². The number of para-hydroxylation sites is 2. The number of fused-ring (bicyclic) bond motifs is 1. The van der Waals surface area contributed by atoms with E-state index < -0.39 is 0 Å². The molecule has 0 unspecified atom stereocenters. The Labute approximate surface area is 233 Å². The third-order valence-electron chi connectivity index (χ3n) is 7.13. The lowest BCUT2D eigenvalue weighted by Crippen LogP contribution is -2.11. The van der Waals surface area contributed by atoms with Crippen LogP contribution in [0.25, 0.3) is 50.5 Å². The molecule has 0 atom stereocenters. The Morgan fingerprint density at radius 1 is 0.775 bits per heavy atom. The summed E-state index contributed by atoms with van der Waals surface area (Å²) in [5, 5.41) is 20.4. The normalized spacial score (nSPS) is 11.4. The minimum Gasteiger partial charge on any atom is -0.507 e. The zero-order valence-electron chi connectivity index (χ0n) is 22.6. The highest BCUT2D eigenvalue weighted by molar-refractivity contribution is 5.96. The number of aromatic hydroxyl groups is 1. The van der Waals surface area contributed by atoms with Crippen molar-refractivity contribution in [1.82, 2.24) is 14.5 Å². The highest BCUT2D eigenvalue weighted by atomic mass is 16.3. The number of rotatable bonds is 4. The van der Waals surface area contributed by atoms with Gasteiger partial charge in [-0.25, -0.2) is 4.98 Å². The molecule has 40 heavy (non-hydrogen) atoms. The van der Waals surface area contributed by atoms with Crippen LogP contribution < -0.4 is 0 Å². The van der Waals surface area contributed by atoms with Crippen LogP contribution in [0.2, 0.25) is 0 Å². The third kappa shape index (κ3) is 4.50. The Morgan fingerprint density at radius 3 is 2.27 bits per heavy atom. The van der Waals surface area contributed by atoms with Crippen molar-refractivity contribution in [3.8, 4) is 51.3 Å². The van der Waals surface area contributed by atoms with Crippen LogP contribution in [0.15, 0.2) is 109 Å². The Hall–Kier alpha value is -5.21. The third-order valence-corrected chi connectivity index (χ3v) is 7.13. The molecule has 0 aliphatic heterocycles. The maximum atomic E-state index is 10.8. The average molecular weight is 521 g/mol. The summed E-state index contributed by atoms with van der Waals surface area (Å²) in [4.78, 5) is 9.77. The van der Waals surface area contributed by atoms with Crippen LogP contribution in [0.3, 0.4) is 0 Å². The zero-order chi connectivity index (χ0) is 27.9. The Balaban J connectivity index is 1.67. The van der Waals surface area contributed by atoms with Crippen LogP contribution in [0, 0.1) is 11.3 Å². The second-order valence-corrected chi connectivity index (χ2v) is 10.9. The fourth-order valence-electron chi connectivity index (χ4n) is 5.05. The first-order valence-electron chi connectivity index (χ1n) is 13.2. The molecule has 0 saturated carbocycles. The van der Waals surface area contributed by atoms with Crippen molar-refractivity contribution < 1.29 is 5.11 Å². The van der Waals surface area contributed by atoms with E-state index in [1.54, 1.807) is 18.2 Å². The van der Waals surface area contributed by atoms with Crippen LogP contribution in [-0.4, -0.2) is 19.6 Å². The minimum absolute atomic E-state index is 0.0779. The van der Waals surface area contributed by atoms with Gasteiger partial charge >= 0.3 is 0 Å². The number of nitrogens with zero attached hydrogens (tertiary/aromatic N) is 4. The molecule has 4 aromatic carbocycles. The van der Waals surface area contributed by atoms with Gasteiger partial charge in [0.05, 0.1) is 33.9 Å². The van der Waals surface area contributed by atoms with Crippen molar-refractivity contribution in [3.05, 3.63) is 120 Å². The number of phenolic OH excluding ortho intramolecular Hbond substituents is 1. The Kier molecular flexibility index (Phi) is 6.17. The van der Waals surface area contributed by atoms with Crippen molar-refractivity contribution in [1.29, 1.82) is 5.26 Å². The second-order valence-electron chi connectivity index (χ2n) is 10.9. The standard InChI is InChI=1S/C35H28N4O/c1-35(2,3)26-20-24(19-25(21-26)30-14-6-7-17-37-30)28-13-9-15-31-33(28)38-34(29-12-4-5-16-32(29)40)39(31)27-11-8-10-23(18-27)22-36/h4-21,40H,1-3H3. The molecule has 0 amide bonds. The molecule has 0 radical (unpaired) electrons. The fourth-order valence-corrected chi connectivity index (χ4v) is 5.05. The topological polar surface area (TPSA) is 74.7 Å². The predicted octanol–water partition coefficient (Wildman–Crippen LogP) is 8.30. The van der Waals surface area contributed by atoms with Crippen LogP contribution in [-0.2, 0) is 5.41 Å². The van der Waals surface area contributed by atoms with E-state index in [1.165, 1.54) is 5.56 Å². The molecule has 5 nitrogen and oxygen atoms in total. The molecular weight excluding hydrogens is 492 g/mol. The van der Waals surface area contributed by atoms with Gasteiger partial charge in [0.1, 0.15) is 11.6 Å². The molecular formula is C35H28N4O. The number of pyridine rings is 1. The number of hydrogen-bond acceptors (Lipinski definition) is 4. The first-order valence-corrected chi connectivity index (χ1v) is 13.2. The number of imidazole rings is 1. The predicted molar refractivity (Wildman–Crippen MR) is 160 cm³/mol. The highest BCUT2D eigenvalue weighted by Crippen LogP contribution is 2.39. The molecule has 0 saturated heterocycles. The lowest BCUT2D eigenvalue weighted by atomic mass is 9.83. The highest BCUT2D eigenvalue weighted by Gasteiger charge is 2.22. The SMILES string of the molecule is CC(C)(C)c1cc(-c2ccccn2)cc(-c2cccc3c2nc(-c2ccccc2O)n3-c2cccc(C#N)c2)c1. The van der Waals surface area contributed by atoms with Gasteiger partial charge in [0.15, 0.2) is 0 Å². The summed E-state index contributed by atoms with van der Waals surface area (Å²) in [6.45, 7) is 6.63. The van der Waals surface area contributed by atoms with Gasteiger partial charge in [0.25, 0.3) is 0 Å². The molecule has 194 valence electrons. The van der Waals surface area contributed by atoms with Gasteiger partial charge in [0.2, 0.25) is 0 Å². The molecule has 6 aromatic rings. The maximum absolute atomic E-state index is 10.8. The van der Waals surface area contributed by atoms with E-state index in [2.05, 4.69) is 56.1 Å². The molecule has 0 spiro atoms. The number of benzene rings is 4. The first kappa shape index (κ1) is 25.1. The van der Waals surface area contributed by atoms with Gasteiger partial charge in [-0.05, 0) is 77.2 Å². The molecule has 0 fully saturated rings. The van der Waals surface area contributed by atoms with Gasteiger partial charge in [-0.3, -0.25) is 9.55 Å². The number of phenols is 1. The quantitative estimate of drug-likeness (QED) is 0.254. The minimum atomic E-state index is -0.0779. The van der Waals surface area contributed by atoms with E-state index in [-0.39, 0.29) is 11.2 Å². The van der Waals surface area contributed by atoms with Gasteiger partial charge < -0.3 is 5.11 Å². The summed E-state index contributed by atoms with van der Waals surface area (Å²) in [6, 6.07) is 35.6. The monoisotopic (exact) mass is 520 g/mol. The Bertz CT molecular complexity index is 1910. The summed E-state index contributed by atoms with van der Waals surface area (Å²) >= 11 is 0. The van der Waals surface area contributed by atoms with E-state index in [9.17, 15) is 10.4 Å². The van der Waals surface area contributed by atoms with Crippen molar-refractivity contribution >= 4 is 11.0 Å². The van der Waals surface area contributed by atoms with Crippen molar-refractivity contribution in [2.24, 2.45) is 0 Å². The largest absolute Gasteiger partial charge is 0.507 e. The van der Waals surface area contributed by atoms with E-state index in [1.807, 2.05) is 71.4 Å². The molecule has 0 aliphatic carbocycles. The van der Waals surface area contributed by atoms with E-state index in [4.69, 9.17) is 4.98 Å². The Morgan fingerprint density at radius 2 is 1.52 bits per heavy atom. The van der Waals surface area contributed by atoms with Gasteiger partial charge in [-0.2, -0.15) is 5.26 Å². The first-order chi connectivity index (χ1) is 19.3. The fraction of sp³-hybridized carbons (Fsp3) is 0.114. The molecule has 6 rings (SSSR count). The number of nitriles is 1. The summed E-state index contributed by atoms with van der Waals surface area (Å²) in [5.41, 5.74) is 8.75. The number of hydrogen-bond donors (Lipinski definition) is 1. The van der Waals surface area contributed by atoms with E-state index in [0.717, 1.165) is 39.1 Å². The molecule has 5 heteroatoms. The molecule has 1 N–H and O–H groups in total. The molecule has 2 aromatic heterocycles. The van der Waals surface area contributed by atoms with Gasteiger partial charge in [-0.15, -0.1) is 0 Å². The van der Waals surface area contributed by atoms with E-state index in [0.29, 0.717) is 17.0 Å². The summed E-state index contributed by atoms with van der Waals surface area (Å²) < 4.78 is 2.02. The van der Waals surface area contributed by atoms with Gasteiger partial charge in [-0.1, -0.05) is 63.2 Å². The number of aromatic nitrogens is 3. The van der Waals surface area contributed by atoms with Gasteiger partial charge in [0, 0.05) is 23.0 Å². The summed E-state index contributed by atoms with van der Waals surface area (Å²) in [6.07, 6.45) is 1.81. The maximum Gasteiger partial charge on any atom is 0.149 e. The van der Waals surface area contributed by atoms with Crippen LogP contribution in [0.5, 0.6) is 5.75 Å². The molecule has 0 aliphatic rings. The summed E-state index contributed by atoms with van der Waals surface area (Å²) in [5.74, 6) is 0.747. The van der Waals surface area contributed by atoms with Crippen LogP contribution >= 0.6 is 0 Å². The lowest BCUT2D eigenvalue weighted by Gasteiger charge is -2.21. The van der Waals surface area contributed by atoms with Crippen molar-refractivity contribution in [2.75, 3.05) is 0 Å². The van der Waals surface area contributed by atoms with Crippen LogP contribution in [0.1, 0.15) is 31.9 Å². The molecule has 2 heterocycles. The zero-order valence-corrected chi connectivity index (χ0v) is 22.6. The summed E-state index contributed by atoms with van der Waals surface area (Å²) in [7, 11) is 0. The second kappa shape index (κ2) is 9.83. The smallest absolute Gasteiger partial charge is 0.149 e. The molecule has 0 bridgehead atoms. The lowest BCUT2D eigenvalue weighted by molar-refractivity contribution is 0.477. The van der Waals surface area contributed by atoms with Crippen molar-refractivity contribution in [3.63, 3.8) is 0 Å². The van der Waals surface area contributed by atoms with Crippen LogP contribution in [0.4, 0.5) is 0 Å². The van der Waals surface area contributed by atoms with E-state index >= 15 is 0 Å².